The van der Waals surface area contributed by atoms with E-state index in [9.17, 15) is 13.2 Å². The van der Waals surface area contributed by atoms with Gasteiger partial charge in [-0.05, 0) is 62.3 Å². The molecule has 2 aromatic rings. The average Bonchev–Trinajstić information content (AvgIpc) is 3.35. The van der Waals surface area contributed by atoms with Crippen LogP contribution in [-0.4, -0.2) is 69.5 Å². The van der Waals surface area contributed by atoms with Crippen LogP contribution in [-0.2, 0) is 14.8 Å². The number of carbonyl (C=O) groups is 1. The number of likely N-dealkylation sites (tertiary alicyclic amines) is 1. The standard InChI is InChI=1S/C22H29N3O5S/c26-22(23-17-20(21-5-4-14-30-21)24-10-2-1-3-11-24)18-6-8-19(9-7-18)31(27,28)25-12-15-29-16-13-25/h4-9,14,20H,1-3,10-13,15-17H2,(H,23,26)/t20-/m0/s1. The van der Waals surface area contributed by atoms with Crippen molar-refractivity contribution in [2.75, 3.05) is 45.9 Å². The summed E-state index contributed by atoms with van der Waals surface area (Å²) in [6, 6.07) is 9.90. The highest BCUT2D eigenvalue weighted by Gasteiger charge is 2.27. The average molecular weight is 448 g/mol. The molecule has 1 amide bonds. The maximum Gasteiger partial charge on any atom is 0.251 e. The minimum absolute atomic E-state index is 0.0137. The van der Waals surface area contributed by atoms with Crippen LogP contribution in [0.1, 0.15) is 41.4 Å². The Kier molecular flexibility index (Phi) is 7.06. The third-order valence-electron chi connectivity index (χ3n) is 5.88. The first-order chi connectivity index (χ1) is 15.1. The van der Waals surface area contributed by atoms with Gasteiger partial charge in [0, 0.05) is 25.2 Å². The maximum atomic E-state index is 12.7. The fraction of sp³-hybridized carbons (Fsp3) is 0.500. The number of piperidine rings is 1. The molecule has 0 bridgehead atoms. The number of hydrogen-bond acceptors (Lipinski definition) is 6. The van der Waals surface area contributed by atoms with Gasteiger partial charge in [-0.15, -0.1) is 0 Å². The van der Waals surface area contributed by atoms with E-state index in [1.165, 1.54) is 22.9 Å². The van der Waals surface area contributed by atoms with E-state index in [4.69, 9.17) is 9.15 Å². The number of hydrogen-bond donors (Lipinski definition) is 1. The molecule has 0 unspecified atom stereocenters. The fourth-order valence-corrected chi connectivity index (χ4v) is 5.53. The molecule has 0 radical (unpaired) electrons. The third-order valence-corrected chi connectivity index (χ3v) is 7.80. The number of nitrogens with one attached hydrogen (secondary N) is 1. The summed E-state index contributed by atoms with van der Waals surface area (Å²) in [4.78, 5) is 15.3. The summed E-state index contributed by atoms with van der Waals surface area (Å²) < 4.78 is 37.8. The Morgan fingerprint density at radius 2 is 1.71 bits per heavy atom. The summed E-state index contributed by atoms with van der Waals surface area (Å²) in [6.45, 7) is 3.87. The second-order valence-electron chi connectivity index (χ2n) is 7.88. The number of nitrogens with zero attached hydrogens (tertiary/aromatic N) is 2. The first-order valence-corrected chi connectivity index (χ1v) is 12.2. The highest BCUT2D eigenvalue weighted by molar-refractivity contribution is 7.89. The number of rotatable bonds is 7. The Morgan fingerprint density at radius 3 is 2.35 bits per heavy atom. The van der Waals surface area contributed by atoms with Crippen molar-refractivity contribution in [3.63, 3.8) is 0 Å². The number of amides is 1. The first-order valence-electron chi connectivity index (χ1n) is 10.8. The molecule has 1 aromatic heterocycles. The number of benzene rings is 1. The Bertz CT molecular complexity index is 948. The van der Waals surface area contributed by atoms with Crippen LogP contribution in [0.3, 0.4) is 0 Å². The van der Waals surface area contributed by atoms with Crippen molar-refractivity contribution in [2.45, 2.75) is 30.2 Å². The zero-order valence-corrected chi connectivity index (χ0v) is 18.4. The summed E-state index contributed by atoms with van der Waals surface area (Å²) in [7, 11) is -3.57. The molecule has 9 heteroatoms. The summed E-state index contributed by atoms with van der Waals surface area (Å²) in [5.41, 5.74) is 0.428. The molecule has 3 heterocycles. The van der Waals surface area contributed by atoms with Gasteiger partial charge in [0.15, 0.2) is 0 Å². The van der Waals surface area contributed by atoms with Crippen molar-refractivity contribution in [3.8, 4) is 0 Å². The molecule has 168 valence electrons. The molecular formula is C22H29N3O5S. The van der Waals surface area contributed by atoms with E-state index in [0.717, 1.165) is 31.7 Å². The molecule has 2 fully saturated rings. The SMILES string of the molecule is O=C(NC[C@@H](c1ccco1)N1CCCCC1)c1ccc(S(=O)(=O)N2CCOCC2)cc1. The van der Waals surface area contributed by atoms with Crippen LogP contribution in [0.2, 0.25) is 0 Å². The number of morpholine rings is 1. The van der Waals surface area contributed by atoms with Gasteiger partial charge < -0.3 is 14.5 Å². The van der Waals surface area contributed by atoms with E-state index in [-0.39, 0.29) is 16.8 Å². The Morgan fingerprint density at radius 1 is 1.00 bits per heavy atom. The van der Waals surface area contributed by atoms with E-state index < -0.39 is 10.0 Å². The number of sulfonamides is 1. The molecular weight excluding hydrogens is 418 g/mol. The minimum Gasteiger partial charge on any atom is -0.468 e. The monoisotopic (exact) mass is 447 g/mol. The van der Waals surface area contributed by atoms with Crippen LogP contribution in [0.4, 0.5) is 0 Å². The molecule has 0 aliphatic carbocycles. The van der Waals surface area contributed by atoms with Gasteiger partial charge >= 0.3 is 0 Å². The molecule has 0 spiro atoms. The van der Waals surface area contributed by atoms with Gasteiger partial charge in [0.05, 0.1) is 30.4 Å². The summed E-state index contributed by atoms with van der Waals surface area (Å²) >= 11 is 0. The van der Waals surface area contributed by atoms with Crippen LogP contribution < -0.4 is 5.32 Å². The third kappa shape index (κ3) is 5.17. The molecule has 2 saturated heterocycles. The van der Waals surface area contributed by atoms with Gasteiger partial charge in [-0.25, -0.2) is 8.42 Å². The van der Waals surface area contributed by atoms with Gasteiger partial charge in [0.25, 0.3) is 5.91 Å². The normalized spacial score (nSPS) is 19.7. The zero-order valence-electron chi connectivity index (χ0n) is 17.5. The molecule has 1 atom stereocenters. The lowest BCUT2D eigenvalue weighted by Crippen LogP contribution is -2.41. The zero-order chi connectivity index (χ0) is 21.7. The molecule has 1 aromatic carbocycles. The van der Waals surface area contributed by atoms with Gasteiger partial charge in [0.2, 0.25) is 10.0 Å². The lowest BCUT2D eigenvalue weighted by molar-refractivity contribution is 0.0730. The smallest absolute Gasteiger partial charge is 0.251 e. The van der Waals surface area contributed by atoms with Crippen LogP contribution >= 0.6 is 0 Å². The molecule has 4 rings (SSSR count). The van der Waals surface area contributed by atoms with Gasteiger partial charge in [0.1, 0.15) is 5.76 Å². The van der Waals surface area contributed by atoms with Crippen molar-refractivity contribution in [3.05, 3.63) is 54.0 Å². The van der Waals surface area contributed by atoms with Crippen molar-refractivity contribution < 1.29 is 22.4 Å². The van der Waals surface area contributed by atoms with E-state index in [2.05, 4.69) is 10.2 Å². The quantitative estimate of drug-likeness (QED) is 0.700. The number of ether oxygens (including phenoxy) is 1. The highest BCUT2D eigenvalue weighted by atomic mass is 32.2. The van der Waals surface area contributed by atoms with Crippen molar-refractivity contribution in [1.29, 1.82) is 0 Å². The van der Waals surface area contributed by atoms with Gasteiger partial charge in [-0.1, -0.05) is 6.42 Å². The second-order valence-corrected chi connectivity index (χ2v) is 9.82. The van der Waals surface area contributed by atoms with Crippen LogP contribution in [0.25, 0.3) is 0 Å². The number of carbonyl (C=O) groups excluding carboxylic acids is 1. The second kappa shape index (κ2) is 9.95. The lowest BCUT2D eigenvalue weighted by atomic mass is 10.1. The fourth-order valence-electron chi connectivity index (χ4n) is 4.13. The largest absolute Gasteiger partial charge is 0.468 e. The predicted octanol–water partition coefficient (Wildman–Crippen LogP) is 2.26. The van der Waals surface area contributed by atoms with E-state index in [1.807, 2.05) is 12.1 Å². The van der Waals surface area contributed by atoms with Gasteiger partial charge in [-0.3, -0.25) is 9.69 Å². The van der Waals surface area contributed by atoms with Crippen molar-refractivity contribution in [2.24, 2.45) is 0 Å². The van der Waals surface area contributed by atoms with Crippen molar-refractivity contribution >= 4 is 15.9 Å². The molecule has 2 aliphatic rings. The molecule has 8 nitrogen and oxygen atoms in total. The minimum atomic E-state index is -3.57. The highest BCUT2D eigenvalue weighted by Crippen LogP contribution is 2.25. The van der Waals surface area contributed by atoms with Crippen LogP contribution in [0.5, 0.6) is 0 Å². The van der Waals surface area contributed by atoms with E-state index in [1.54, 1.807) is 18.4 Å². The van der Waals surface area contributed by atoms with Crippen molar-refractivity contribution in [1.82, 2.24) is 14.5 Å². The molecule has 31 heavy (non-hydrogen) atoms. The summed E-state index contributed by atoms with van der Waals surface area (Å²) in [5, 5.41) is 2.99. The first kappa shape index (κ1) is 22.0. The van der Waals surface area contributed by atoms with Crippen LogP contribution in [0, 0.1) is 0 Å². The maximum absolute atomic E-state index is 12.7. The molecule has 2 aliphatic heterocycles. The van der Waals surface area contributed by atoms with E-state index >= 15 is 0 Å². The Balaban J connectivity index is 1.41. The Labute approximate surface area is 183 Å². The van der Waals surface area contributed by atoms with E-state index in [0.29, 0.717) is 38.4 Å². The summed E-state index contributed by atoms with van der Waals surface area (Å²) in [5.74, 6) is 0.609. The molecule has 0 saturated carbocycles. The lowest BCUT2D eigenvalue weighted by Gasteiger charge is -2.33. The topological polar surface area (TPSA) is 92.1 Å². The molecule has 1 N–H and O–H groups in total. The van der Waals surface area contributed by atoms with Crippen LogP contribution in [0.15, 0.2) is 52.0 Å². The Hall–Kier alpha value is -2.20. The van der Waals surface area contributed by atoms with Gasteiger partial charge in [-0.2, -0.15) is 4.31 Å². The predicted molar refractivity (Wildman–Crippen MR) is 115 cm³/mol. The summed E-state index contributed by atoms with van der Waals surface area (Å²) in [6.07, 6.45) is 5.17. The number of furan rings is 1.